The van der Waals surface area contributed by atoms with Crippen molar-refractivity contribution in [3.63, 3.8) is 0 Å². The third kappa shape index (κ3) is 3.65. The van der Waals surface area contributed by atoms with Gasteiger partial charge in [-0.3, -0.25) is 0 Å². The first-order valence-corrected chi connectivity index (χ1v) is 8.71. The number of thioether (sulfide) groups is 1. The maximum absolute atomic E-state index is 6.04. The Morgan fingerprint density at radius 2 is 1.50 bits per heavy atom. The molecular formula is C20H15ClS. The second-order valence-electron chi connectivity index (χ2n) is 4.98. The van der Waals surface area contributed by atoms with E-state index in [2.05, 4.69) is 78.8 Å². The maximum atomic E-state index is 6.04. The summed E-state index contributed by atoms with van der Waals surface area (Å²) in [6.07, 6.45) is 8.17. The zero-order valence-electron chi connectivity index (χ0n) is 12.2. The summed E-state index contributed by atoms with van der Waals surface area (Å²) < 4.78 is 0. The van der Waals surface area contributed by atoms with Crippen LogP contribution in [-0.2, 0) is 0 Å². The molecule has 2 heteroatoms. The van der Waals surface area contributed by atoms with Crippen LogP contribution in [0.1, 0.15) is 16.7 Å². The van der Waals surface area contributed by atoms with Crippen LogP contribution in [0.25, 0.3) is 5.57 Å². The molecular weight excluding hydrogens is 308 g/mol. The minimum atomic E-state index is 0.0127. The van der Waals surface area contributed by atoms with Gasteiger partial charge in [0.05, 0.1) is 5.38 Å². The Hall–Kier alpha value is -1.88. The smallest absolute Gasteiger partial charge is 0.0709 e. The fraction of sp³-hybridized carbons (Fsp3) is 0.100. The van der Waals surface area contributed by atoms with Gasteiger partial charge in [-0.25, -0.2) is 0 Å². The molecule has 0 aromatic heterocycles. The Morgan fingerprint density at radius 1 is 0.909 bits per heavy atom. The number of halogens is 1. The van der Waals surface area contributed by atoms with Crippen LogP contribution < -0.4 is 0 Å². The first-order valence-electron chi connectivity index (χ1n) is 7.05. The third-order valence-corrected chi connectivity index (χ3v) is 4.47. The van der Waals surface area contributed by atoms with Crippen molar-refractivity contribution in [1.82, 2.24) is 0 Å². The monoisotopic (exact) mass is 322 g/mol. The minimum Gasteiger partial charge on any atom is -0.130 e. The largest absolute Gasteiger partial charge is 0.130 e. The topological polar surface area (TPSA) is 0 Å². The van der Waals surface area contributed by atoms with Gasteiger partial charge in [-0.05, 0) is 53.8 Å². The highest BCUT2D eigenvalue weighted by Gasteiger charge is 2.07. The van der Waals surface area contributed by atoms with E-state index in [1.54, 1.807) is 11.8 Å². The van der Waals surface area contributed by atoms with Gasteiger partial charge in [-0.2, -0.15) is 0 Å². The zero-order chi connectivity index (χ0) is 15.4. The first kappa shape index (κ1) is 15.0. The van der Waals surface area contributed by atoms with Crippen molar-refractivity contribution in [1.29, 1.82) is 0 Å². The van der Waals surface area contributed by atoms with E-state index in [4.69, 9.17) is 11.6 Å². The van der Waals surface area contributed by atoms with E-state index in [0.717, 1.165) is 11.1 Å². The first-order chi connectivity index (χ1) is 10.7. The van der Waals surface area contributed by atoms with Crippen molar-refractivity contribution in [3.05, 3.63) is 83.4 Å². The molecule has 1 atom stereocenters. The molecule has 0 saturated carbocycles. The molecule has 0 saturated heterocycles. The van der Waals surface area contributed by atoms with Gasteiger partial charge < -0.3 is 0 Å². The standard InChI is InChI=1S/C20H15ClS/c1-22-20-12-6-16(7-13-20)3-2-15-4-8-17(9-5-15)18-10-11-19(21)14-18/h4-14,19H,1H3. The molecule has 0 N–H and O–H groups in total. The summed E-state index contributed by atoms with van der Waals surface area (Å²) in [5.41, 5.74) is 4.40. The van der Waals surface area contributed by atoms with Crippen LogP contribution in [0.2, 0.25) is 0 Å². The van der Waals surface area contributed by atoms with Gasteiger partial charge in [-0.15, -0.1) is 23.4 Å². The number of alkyl halides is 1. The van der Waals surface area contributed by atoms with E-state index in [9.17, 15) is 0 Å². The molecule has 0 aliphatic heterocycles. The molecule has 0 amide bonds. The molecule has 2 aromatic rings. The molecule has 0 radical (unpaired) electrons. The predicted octanol–water partition coefficient (Wildman–Crippen LogP) is 5.37. The fourth-order valence-corrected chi connectivity index (χ4v) is 2.85. The van der Waals surface area contributed by atoms with E-state index >= 15 is 0 Å². The molecule has 0 spiro atoms. The van der Waals surface area contributed by atoms with Gasteiger partial charge in [0, 0.05) is 16.0 Å². The molecule has 0 fully saturated rings. The van der Waals surface area contributed by atoms with Gasteiger partial charge in [-0.1, -0.05) is 42.2 Å². The Kier molecular flexibility index (Phi) is 4.73. The van der Waals surface area contributed by atoms with Gasteiger partial charge in [0.25, 0.3) is 0 Å². The Balaban J connectivity index is 1.75. The van der Waals surface area contributed by atoms with E-state index in [1.807, 2.05) is 6.08 Å². The summed E-state index contributed by atoms with van der Waals surface area (Å²) in [6.45, 7) is 0. The van der Waals surface area contributed by atoms with Crippen molar-refractivity contribution < 1.29 is 0 Å². The van der Waals surface area contributed by atoms with Crippen LogP contribution in [0, 0.1) is 11.8 Å². The van der Waals surface area contributed by atoms with Crippen molar-refractivity contribution in [2.45, 2.75) is 10.3 Å². The Bertz CT molecular complexity index is 771. The number of hydrogen-bond donors (Lipinski definition) is 0. The number of hydrogen-bond acceptors (Lipinski definition) is 1. The minimum absolute atomic E-state index is 0.0127. The van der Waals surface area contributed by atoms with E-state index < -0.39 is 0 Å². The van der Waals surface area contributed by atoms with Gasteiger partial charge in [0.15, 0.2) is 0 Å². The van der Waals surface area contributed by atoms with Crippen molar-refractivity contribution >= 4 is 28.9 Å². The number of benzene rings is 2. The summed E-state index contributed by atoms with van der Waals surface area (Å²) in [5.74, 6) is 6.40. The molecule has 1 aliphatic rings. The SMILES string of the molecule is CSc1ccc(C#Cc2ccc(C3=CC(Cl)C=C3)cc2)cc1. The lowest BCUT2D eigenvalue weighted by Crippen LogP contribution is -1.83. The highest BCUT2D eigenvalue weighted by atomic mass is 35.5. The Labute approximate surface area is 140 Å². The average molecular weight is 323 g/mol. The number of allylic oxidation sites excluding steroid dienone is 4. The zero-order valence-corrected chi connectivity index (χ0v) is 13.8. The van der Waals surface area contributed by atoms with Gasteiger partial charge >= 0.3 is 0 Å². The molecule has 108 valence electrons. The van der Waals surface area contributed by atoms with E-state index in [0.29, 0.717) is 0 Å². The summed E-state index contributed by atoms with van der Waals surface area (Å²) in [7, 11) is 0. The fourth-order valence-electron chi connectivity index (χ4n) is 2.24. The molecule has 1 aliphatic carbocycles. The molecule has 3 rings (SSSR count). The van der Waals surface area contributed by atoms with Gasteiger partial charge in [0.2, 0.25) is 0 Å². The Morgan fingerprint density at radius 3 is 2.00 bits per heavy atom. The molecule has 0 nitrogen and oxygen atoms in total. The van der Waals surface area contributed by atoms with Crippen LogP contribution in [0.15, 0.2) is 71.7 Å². The normalized spacial score (nSPS) is 16.1. The van der Waals surface area contributed by atoms with Crippen LogP contribution in [0.4, 0.5) is 0 Å². The van der Waals surface area contributed by atoms with Crippen molar-refractivity contribution in [2.24, 2.45) is 0 Å². The van der Waals surface area contributed by atoms with E-state index in [1.165, 1.54) is 16.0 Å². The van der Waals surface area contributed by atoms with Crippen LogP contribution in [0.3, 0.4) is 0 Å². The predicted molar refractivity (Wildman–Crippen MR) is 97.4 cm³/mol. The van der Waals surface area contributed by atoms with Crippen LogP contribution in [0.5, 0.6) is 0 Å². The second-order valence-corrected chi connectivity index (χ2v) is 6.37. The summed E-state index contributed by atoms with van der Waals surface area (Å²) in [4.78, 5) is 1.25. The highest BCUT2D eigenvalue weighted by Crippen LogP contribution is 2.24. The quantitative estimate of drug-likeness (QED) is 0.407. The lowest BCUT2D eigenvalue weighted by molar-refractivity contribution is 1.45. The molecule has 1 unspecified atom stereocenters. The summed E-state index contributed by atoms with van der Waals surface area (Å²) in [6, 6.07) is 16.6. The van der Waals surface area contributed by atoms with Crippen LogP contribution in [-0.4, -0.2) is 11.6 Å². The average Bonchev–Trinajstić information content (AvgIpc) is 3.00. The van der Waals surface area contributed by atoms with E-state index in [-0.39, 0.29) is 5.38 Å². The summed E-state index contributed by atoms with van der Waals surface area (Å²) >= 11 is 7.78. The summed E-state index contributed by atoms with van der Waals surface area (Å²) in [5, 5.41) is 0.0127. The molecule has 0 bridgehead atoms. The third-order valence-electron chi connectivity index (χ3n) is 3.46. The van der Waals surface area contributed by atoms with Crippen molar-refractivity contribution in [3.8, 4) is 11.8 Å². The van der Waals surface area contributed by atoms with Crippen LogP contribution >= 0.6 is 23.4 Å². The lowest BCUT2D eigenvalue weighted by Gasteiger charge is -2.00. The number of rotatable bonds is 2. The molecule has 0 heterocycles. The second kappa shape index (κ2) is 6.92. The maximum Gasteiger partial charge on any atom is 0.0709 e. The molecule has 2 aromatic carbocycles. The van der Waals surface area contributed by atoms with Crippen molar-refractivity contribution in [2.75, 3.05) is 6.26 Å². The van der Waals surface area contributed by atoms with Gasteiger partial charge in [0.1, 0.15) is 0 Å². The lowest BCUT2D eigenvalue weighted by atomic mass is 10.1. The molecule has 22 heavy (non-hydrogen) atoms. The highest BCUT2D eigenvalue weighted by molar-refractivity contribution is 7.98.